The molecule has 396 valence electrons. The third-order valence-corrected chi connectivity index (χ3v) is 24.3. The van der Waals surface area contributed by atoms with Crippen LogP contribution in [0.2, 0.25) is 0 Å². The predicted molar refractivity (Wildman–Crippen MR) is 369 cm³/mol. The number of nitrogens with zero attached hydrogens (tertiary/aromatic N) is 1. The maximum atomic E-state index is 2.51. The zero-order chi connectivity index (χ0) is 56.0. The molecule has 0 amide bonds. The Hall–Kier alpha value is -10.4. The molecule has 0 radical (unpaired) electrons. The van der Waals surface area contributed by atoms with Crippen molar-refractivity contribution in [1.29, 1.82) is 0 Å². The molecule has 2 heterocycles. The molecular formula is C82H53NSSi. The molecule has 0 saturated heterocycles. The van der Waals surface area contributed by atoms with Crippen LogP contribution >= 0.6 is 11.3 Å². The molecule has 17 rings (SSSR count). The second-order valence-corrected chi connectivity index (χ2v) is 27.5. The Bertz CT molecular complexity index is 5410. The topological polar surface area (TPSA) is 4.93 Å². The summed E-state index contributed by atoms with van der Waals surface area (Å²) >= 11 is 1.94. The van der Waals surface area contributed by atoms with Gasteiger partial charge in [-0.25, -0.2) is 0 Å². The number of hydrogen-bond donors (Lipinski definition) is 0. The lowest BCUT2D eigenvalue weighted by Gasteiger charge is -2.35. The van der Waals surface area contributed by atoms with Crippen LogP contribution in [0.4, 0.5) is 0 Å². The van der Waals surface area contributed by atoms with Gasteiger partial charge in [-0.2, -0.15) is 0 Å². The normalized spacial score (nSPS) is 12.0. The Kier molecular flexibility index (Phi) is 11.5. The lowest BCUT2D eigenvalue weighted by atomic mass is 9.88. The molecule has 17 aromatic rings. The van der Waals surface area contributed by atoms with Gasteiger partial charge in [0.2, 0.25) is 0 Å². The summed E-state index contributed by atoms with van der Waals surface area (Å²) in [5, 5.41) is 20.6. The van der Waals surface area contributed by atoms with Crippen LogP contribution in [0.5, 0.6) is 0 Å². The van der Waals surface area contributed by atoms with Gasteiger partial charge in [0.05, 0.1) is 11.0 Å². The summed E-state index contributed by atoms with van der Waals surface area (Å²) in [6.07, 6.45) is 0. The van der Waals surface area contributed by atoms with Crippen LogP contribution in [0.15, 0.2) is 322 Å². The summed E-state index contributed by atoms with van der Waals surface area (Å²) in [6, 6.07) is 121. The van der Waals surface area contributed by atoms with E-state index in [-0.39, 0.29) is 0 Å². The molecule has 1 nitrogen and oxygen atoms in total. The highest BCUT2D eigenvalue weighted by atomic mass is 32.1. The first-order chi connectivity index (χ1) is 42.1. The zero-order valence-electron chi connectivity index (χ0n) is 46.5. The molecule has 3 heteroatoms. The fourth-order valence-corrected chi connectivity index (χ4v) is 20.7. The van der Waals surface area contributed by atoms with Gasteiger partial charge >= 0.3 is 0 Å². The average Bonchev–Trinajstić information content (AvgIpc) is 4.24. The van der Waals surface area contributed by atoms with E-state index >= 15 is 0 Å². The van der Waals surface area contributed by atoms with Crippen molar-refractivity contribution in [3.8, 4) is 50.2 Å². The van der Waals surface area contributed by atoms with Crippen LogP contribution in [0.25, 0.3) is 135 Å². The van der Waals surface area contributed by atoms with Crippen molar-refractivity contribution >= 4 is 125 Å². The largest absolute Gasteiger partial charge is 0.309 e. The molecule has 0 fully saturated rings. The lowest BCUT2D eigenvalue weighted by molar-refractivity contribution is 1.18. The van der Waals surface area contributed by atoms with Gasteiger partial charge in [0.25, 0.3) is 0 Å². The highest BCUT2D eigenvalue weighted by Gasteiger charge is 2.43. The van der Waals surface area contributed by atoms with Gasteiger partial charge in [0.15, 0.2) is 8.07 Å². The van der Waals surface area contributed by atoms with Gasteiger partial charge in [-0.05, 0) is 175 Å². The van der Waals surface area contributed by atoms with Crippen molar-refractivity contribution in [2.45, 2.75) is 0 Å². The predicted octanol–water partition coefficient (Wildman–Crippen LogP) is 19.8. The van der Waals surface area contributed by atoms with Gasteiger partial charge in [-0.1, -0.05) is 255 Å². The minimum atomic E-state index is -3.04. The minimum absolute atomic E-state index is 1.17. The highest BCUT2D eigenvalue weighted by Crippen LogP contribution is 2.44. The van der Waals surface area contributed by atoms with E-state index < -0.39 is 8.07 Å². The minimum Gasteiger partial charge on any atom is -0.309 e. The summed E-state index contributed by atoms with van der Waals surface area (Å²) in [5.41, 5.74) is 13.4. The molecule has 0 saturated carbocycles. The number of benzene rings is 15. The van der Waals surface area contributed by atoms with E-state index in [0.29, 0.717) is 0 Å². The van der Waals surface area contributed by atoms with Crippen molar-refractivity contribution < 1.29 is 0 Å². The Balaban J connectivity index is 0.782. The van der Waals surface area contributed by atoms with Gasteiger partial charge < -0.3 is 4.57 Å². The number of para-hydroxylation sites is 2. The van der Waals surface area contributed by atoms with Crippen LogP contribution in [-0.4, -0.2) is 12.6 Å². The SMILES string of the molecule is c1ccc([Si](c2ccccc2)(c2cccc(-n3c4ccccc4c4ccccc43)c2)c2cccc3c2sc2ccc(-c4cccc5cc(-c6cccc(-c7ccc8cc(-c9ccc%10ccccc%10c9)ccc8c7)c6)c6ccccc6c45)cc23)cc1. The second kappa shape index (κ2) is 19.9. The standard InChI is InChI=1S/C82H53NSSi/c1-3-25-66(26-4-1)85(67-27-5-2-6-28-67,68-29-17-24-65(53-68)83-77-36-13-11-31-71(77)72-32-12-14-37-78(72)83)80-38-18-35-74-76-51-63(45-46-79(76)84-82(74)80)69-34-16-23-64-52-75(70-30-9-10-33-73(70)81(64)69)62-22-15-21-56(50-62)57-41-42-61-49-60(44-43-59(61)48-57)58-40-39-54-19-7-8-20-55(54)47-58/h1-53H. The van der Waals surface area contributed by atoms with Crippen LogP contribution in [0, 0.1) is 0 Å². The summed E-state index contributed by atoms with van der Waals surface area (Å²) in [4.78, 5) is 0. The lowest BCUT2D eigenvalue weighted by Crippen LogP contribution is -2.74. The molecule has 0 aliphatic carbocycles. The van der Waals surface area contributed by atoms with Crippen LogP contribution in [0.1, 0.15) is 0 Å². The van der Waals surface area contributed by atoms with E-state index in [0.717, 1.165) is 0 Å². The van der Waals surface area contributed by atoms with Gasteiger partial charge in [-0.3, -0.25) is 0 Å². The third kappa shape index (κ3) is 7.96. The third-order valence-electron chi connectivity index (χ3n) is 18.1. The van der Waals surface area contributed by atoms with Gasteiger partial charge in [0.1, 0.15) is 0 Å². The smallest absolute Gasteiger partial charge is 0.181 e. The summed E-state index contributed by atoms with van der Waals surface area (Å²) in [7, 11) is -3.04. The maximum absolute atomic E-state index is 3.04. The molecule has 0 aliphatic rings. The van der Waals surface area contributed by atoms with Crippen LogP contribution < -0.4 is 20.7 Å². The maximum Gasteiger partial charge on any atom is 0.181 e. The summed E-state index contributed by atoms with van der Waals surface area (Å²) < 4.78 is 5.11. The number of fused-ring (bicyclic) bond motifs is 11. The molecule has 0 aliphatic heterocycles. The van der Waals surface area contributed by atoms with E-state index in [1.54, 1.807) is 0 Å². The Morgan fingerprint density at radius 2 is 0.753 bits per heavy atom. The monoisotopic (exact) mass is 1110 g/mol. The van der Waals surface area contributed by atoms with Gasteiger partial charge in [0, 0.05) is 36.6 Å². The van der Waals surface area contributed by atoms with E-state index in [1.165, 1.54) is 156 Å². The van der Waals surface area contributed by atoms with E-state index in [9.17, 15) is 0 Å². The Morgan fingerprint density at radius 1 is 0.259 bits per heavy atom. The zero-order valence-corrected chi connectivity index (χ0v) is 48.3. The Morgan fingerprint density at radius 3 is 1.46 bits per heavy atom. The number of rotatable bonds is 9. The van der Waals surface area contributed by atoms with Crippen molar-refractivity contribution in [3.05, 3.63) is 322 Å². The first-order valence-electron chi connectivity index (χ1n) is 29.4. The Labute approximate surface area is 498 Å². The molecule has 0 atom stereocenters. The van der Waals surface area contributed by atoms with E-state index in [2.05, 4.69) is 326 Å². The fraction of sp³-hybridized carbons (Fsp3) is 0. The van der Waals surface area contributed by atoms with Crippen molar-refractivity contribution in [2.75, 3.05) is 0 Å². The summed E-state index contributed by atoms with van der Waals surface area (Å²) in [6.45, 7) is 0. The van der Waals surface area contributed by atoms with Crippen LogP contribution in [0.3, 0.4) is 0 Å². The molecular weight excluding hydrogens is 1060 g/mol. The molecule has 0 unspecified atom stereocenters. The number of thiophene rings is 1. The first-order valence-corrected chi connectivity index (χ1v) is 32.2. The van der Waals surface area contributed by atoms with Gasteiger partial charge in [-0.15, -0.1) is 11.3 Å². The number of hydrogen-bond acceptors (Lipinski definition) is 1. The molecule has 0 bridgehead atoms. The van der Waals surface area contributed by atoms with Crippen molar-refractivity contribution in [1.82, 2.24) is 4.57 Å². The fourth-order valence-electron chi connectivity index (χ4n) is 14.2. The first kappa shape index (κ1) is 49.2. The highest BCUT2D eigenvalue weighted by molar-refractivity contribution is 7.30. The molecule has 0 spiro atoms. The molecule has 2 aromatic heterocycles. The van der Waals surface area contributed by atoms with Crippen molar-refractivity contribution in [2.24, 2.45) is 0 Å². The molecule has 0 N–H and O–H groups in total. The average molecular weight is 1110 g/mol. The quantitative estimate of drug-likeness (QED) is 0.0771. The van der Waals surface area contributed by atoms with E-state index in [1.807, 2.05) is 11.3 Å². The van der Waals surface area contributed by atoms with E-state index in [4.69, 9.17) is 0 Å². The number of aromatic nitrogens is 1. The second-order valence-electron chi connectivity index (χ2n) is 22.7. The molecule has 15 aromatic carbocycles. The van der Waals surface area contributed by atoms with Crippen LogP contribution in [-0.2, 0) is 0 Å². The molecule has 85 heavy (non-hydrogen) atoms. The summed E-state index contributed by atoms with van der Waals surface area (Å²) in [5.74, 6) is 0. The van der Waals surface area contributed by atoms with Crippen molar-refractivity contribution in [3.63, 3.8) is 0 Å².